The molecule has 1 saturated carbocycles. The van der Waals surface area contributed by atoms with Gasteiger partial charge in [-0.15, -0.1) is 0 Å². The van der Waals surface area contributed by atoms with Gasteiger partial charge in [0.15, 0.2) is 0 Å². The van der Waals surface area contributed by atoms with E-state index in [2.05, 4.69) is 10.0 Å². The van der Waals surface area contributed by atoms with Crippen molar-refractivity contribution in [2.75, 3.05) is 11.9 Å². The lowest BCUT2D eigenvalue weighted by Gasteiger charge is -2.12. The number of hydrogen-bond donors (Lipinski definition) is 2. The quantitative estimate of drug-likeness (QED) is 0.591. The second kappa shape index (κ2) is 5.76. The van der Waals surface area contributed by atoms with Crippen LogP contribution in [0.15, 0.2) is 23.1 Å². The number of nitro benzene ring substituents is 1. The number of non-ortho nitro benzene ring substituents is 1. The van der Waals surface area contributed by atoms with Gasteiger partial charge in [-0.2, -0.15) is 0 Å². The first-order valence-corrected chi connectivity index (χ1v) is 7.97. The van der Waals surface area contributed by atoms with Gasteiger partial charge in [0, 0.05) is 24.7 Å². The van der Waals surface area contributed by atoms with Crippen LogP contribution in [0.2, 0.25) is 0 Å². The topological polar surface area (TPSA) is 101 Å². The first kappa shape index (κ1) is 14.7. The Bertz CT molecular complexity index is 611. The van der Waals surface area contributed by atoms with Crippen molar-refractivity contribution in [1.82, 2.24) is 4.72 Å². The fourth-order valence-electron chi connectivity index (χ4n) is 1.74. The van der Waals surface area contributed by atoms with Gasteiger partial charge in [0.1, 0.15) is 4.90 Å². The van der Waals surface area contributed by atoms with Crippen molar-refractivity contribution in [1.29, 1.82) is 0 Å². The second-order valence-corrected chi connectivity index (χ2v) is 6.44. The summed E-state index contributed by atoms with van der Waals surface area (Å²) in [4.78, 5) is 10.1. The normalized spacial score (nSPS) is 15.1. The van der Waals surface area contributed by atoms with E-state index >= 15 is 0 Å². The molecule has 1 fully saturated rings. The lowest BCUT2D eigenvalue weighted by Crippen LogP contribution is -2.26. The highest BCUT2D eigenvalue weighted by molar-refractivity contribution is 7.89. The minimum absolute atomic E-state index is 0.0433. The Labute approximate surface area is 117 Å². The first-order chi connectivity index (χ1) is 9.44. The summed E-state index contributed by atoms with van der Waals surface area (Å²) in [5.41, 5.74) is 0.161. The summed E-state index contributed by atoms with van der Waals surface area (Å²) < 4.78 is 27.1. The number of hydrogen-bond acceptors (Lipinski definition) is 5. The van der Waals surface area contributed by atoms with E-state index in [1.54, 1.807) is 0 Å². The summed E-state index contributed by atoms with van der Waals surface area (Å²) in [5.74, 6) is 0. The van der Waals surface area contributed by atoms with Crippen LogP contribution < -0.4 is 10.0 Å². The Hall–Kier alpha value is -1.67. The van der Waals surface area contributed by atoms with Gasteiger partial charge in [0.05, 0.1) is 10.6 Å². The molecule has 1 aliphatic rings. The van der Waals surface area contributed by atoms with Crippen LogP contribution in [0.4, 0.5) is 11.4 Å². The lowest BCUT2D eigenvalue weighted by atomic mass is 10.3. The van der Waals surface area contributed by atoms with E-state index in [0.717, 1.165) is 25.3 Å². The van der Waals surface area contributed by atoms with Crippen LogP contribution in [0.1, 0.15) is 26.2 Å². The maximum atomic E-state index is 12.3. The SMILES string of the molecule is CCCNc1ccc([N+](=O)[O-])cc1S(=O)(=O)NC1CC1. The van der Waals surface area contributed by atoms with Gasteiger partial charge in [-0.1, -0.05) is 6.92 Å². The predicted octanol–water partition coefficient (Wildman–Crippen LogP) is 1.86. The van der Waals surface area contributed by atoms with Crippen molar-refractivity contribution < 1.29 is 13.3 Å². The van der Waals surface area contributed by atoms with Crippen molar-refractivity contribution in [2.24, 2.45) is 0 Å². The third-order valence-corrected chi connectivity index (χ3v) is 4.49. The summed E-state index contributed by atoms with van der Waals surface area (Å²) in [6, 6.07) is 3.80. The molecule has 110 valence electrons. The summed E-state index contributed by atoms with van der Waals surface area (Å²) in [7, 11) is -3.73. The number of sulfonamides is 1. The van der Waals surface area contributed by atoms with Crippen molar-refractivity contribution >= 4 is 21.4 Å². The van der Waals surface area contributed by atoms with E-state index in [9.17, 15) is 18.5 Å². The van der Waals surface area contributed by atoms with E-state index < -0.39 is 14.9 Å². The van der Waals surface area contributed by atoms with Crippen LogP contribution in [0, 0.1) is 10.1 Å². The Kier molecular flexibility index (Phi) is 4.24. The predicted molar refractivity (Wildman–Crippen MR) is 75.2 cm³/mol. The number of nitrogens with one attached hydrogen (secondary N) is 2. The lowest BCUT2D eigenvalue weighted by molar-refractivity contribution is -0.385. The fraction of sp³-hybridized carbons (Fsp3) is 0.500. The third kappa shape index (κ3) is 3.45. The molecule has 2 rings (SSSR count). The highest BCUT2D eigenvalue weighted by Crippen LogP contribution is 2.29. The first-order valence-electron chi connectivity index (χ1n) is 6.48. The van der Waals surface area contributed by atoms with E-state index in [1.165, 1.54) is 12.1 Å². The molecule has 0 radical (unpaired) electrons. The molecule has 0 aliphatic heterocycles. The van der Waals surface area contributed by atoms with E-state index in [-0.39, 0.29) is 16.6 Å². The zero-order valence-electron chi connectivity index (χ0n) is 11.1. The molecule has 2 N–H and O–H groups in total. The smallest absolute Gasteiger partial charge is 0.270 e. The molecular formula is C12H17N3O4S. The van der Waals surface area contributed by atoms with Gasteiger partial charge in [0.25, 0.3) is 5.69 Å². The summed E-state index contributed by atoms with van der Waals surface area (Å²) in [6.07, 6.45) is 2.45. The molecule has 1 aromatic carbocycles. The van der Waals surface area contributed by atoms with Crippen LogP contribution in [0.5, 0.6) is 0 Å². The Morgan fingerprint density at radius 2 is 2.10 bits per heavy atom. The average molecular weight is 299 g/mol. The largest absolute Gasteiger partial charge is 0.384 e. The highest BCUT2D eigenvalue weighted by Gasteiger charge is 2.30. The van der Waals surface area contributed by atoms with Gasteiger partial charge in [-0.3, -0.25) is 10.1 Å². The fourth-order valence-corrected chi connectivity index (χ4v) is 3.24. The van der Waals surface area contributed by atoms with Crippen LogP contribution in [0.25, 0.3) is 0 Å². The van der Waals surface area contributed by atoms with Gasteiger partial charge in [0.2, 0.25) is 10.0 Å². The molecule has 1 aliphatic carbocycles. The summed E-state index contributed by atoms with van der Waals surface area (Å²) >= 11 is 0. The van der Waals surface area contributed by atoms with Crippen LogP contribution in [0.3, 0.4) is 0 Å². The number of rotatable bonds is 7. The van der Waals surface area contributed by atoms with Gasteiger partial charge < -0.3 is 5.32 Å². The zero-order chi connectivity index (χ0) is 14.8. The molecule has 0 heterocycles. The molecule has 0 saturated heterocycles. The monoisotopic (exact) mass is 299 g/mol. The van der Waals surface area contributed by atoms with Crippen molar-refractivity contribution in [2.45, 2.75) is 37.1 Å². The average Bonchev–Trinajstić information content (AvgIpc) is 3.19. The van der Waals surface area contributed by atoms with Crippen molar-refractivity contribution in [3.05, 3.63) is 28.3 Å². The maximum Gasteiger partial charge on any atom is 0.270 e. The molecule has 0 amide bonds. The zero-order valence-corrected chi connectivity index (χ0v) is 11.9. The van der Waals surface area contributed by atoms with Gasteiger partial charge in [-0.05, 0) is 25.3 Å². The molecule has 0 atom stereocenters. The molecule has 7 nitrogen and oxygen atoms in total. The molecule has 8 heteroatoms. The second-order valence-electron chi connectivity index (χ2n) is 4.76. The molecule has 0 bridgehead atoms. The standard InChI is InChI=1S/C12H17N3O4S/c1-2-7-13-11-6-5-10(15(16)17)8-12(11)20(18,19)14-9-3-4-9/h5-6,8-9,13-14H,2-4,7H2,1H3. The van der Waals surface area contributed by atoms with Crippen LogP contribution in [-0.4, -0.2) is 25.9 Å². The van der Waals surface area contributed by atoms with E-state index in [0.29, 0.717) is 12.2 Å². The molecular weight excluding hydrogens is 282 g/mol. The minimum atomic E-state index is -3.73. The van der Waals surface area contributed by atoms with Crippen molar-refractivity contribution in [3.63, 3.8) is 0 Å². The van der Waals surface area contributed by atoms with E-state index in [1.807, 2.05) is 6.92 Å². The molecule has 0 aromatic heterocycles. The highest BCUT2D eigenvalue weighted by atomic mass is 32.2. The molecule has 1 aromatic rings. The summed E-state index contributed by atoms with van der Waals surface area (Å²) in [5, 5.41) is 13.8. The maximum absolute atomic E-state index is 12.3. The Balaban J connectivity index is 2.39. The number of anilines is 1. The Morgan fingerprint density at radius 3 is 2.65 bits per heavy atom. The van der Waals surface area contributed by atoms with Crippen molar-refractivity contribution in [3.8, 4) is 0 Å². The summed E-state index contributed by atoms with van der Waals surface area (Å²) in [6.45, 7) is 2.55. The molecule has 0 unspecified atom stereocenters. The number of benzene rings is 1. The minimum Gasteiger partial charge on any atom is -0.384 e. The van der Waals surface area contributed by atoms with Gasteiger partial charge in [-0.25, -0.2) is 13.1 Å². The van der Waals surface area contributed by atoms with Crippen LogP contribution in [-0.2, 0) is 10.0 Å². The third-order valence-electron chi connectivity index (χ3n) is 2.93. The Morgan fingerprint density at radius 1 is 1.40 bits per heavy atom. The van der Waals surface area contributed by atoms with Gasteiger partial charge >= 0.3 is 0 Å². The molecule has 0 spiro atoms. The van der Waals surface area contributed by atoms with E-state index in [4.69, 9.17) is 0 Å². The van der Waals surface area contributed by atoms with Crippen LogP contribution >= 0.6 is 0 Å². The number of nitro groups is 1. The molecule has 20 heavy (non-hydrogen) atoms. The number of nitrogens with zero attached hydrogens (tertiary/aromatic N) is 1.